The molecule has 0 fully saturated rings. The van der Waals surface area contributed by atoms with Crippen LogP contribution in [0.4, 0.5) is 5.69 Å². The first-order valence-electron chi connectivity index (χ1n) is 9.26. The van der Waals surface area contributed by atoms with Crippen LogP contribution in [-0.4, -0.2) is 25.1 Å². The van der Waals surface area contributed by atoms with Crippen LogP contribution in [0.2, 0.25) is 0 Å². The van der Waals surface area contributed by atoms with Crippen molar-refractivity contribution in [3.8, 4) is 5.75 Å². The molecule has 0 heterocycles. The summed E-state index contributed by atoms with van der Waals surface area (Å²) in [5.74, 6) is 0.310. The van der Waals surface area contributed by atoms with Gasteiger partial charge in [-0.1, -0.05) is 50.2 Å². The molecule has 2 aromatic rings. The number of esters is 1. The number of rotatable bonds is 9. The predicted octanol–water partition coefficient (Wildman–Crippen LogP) is 4.32. The summed E-state index contributed by atoms with van der Waals surface area (Å²) >= 11 is 0. The molecule has 5 nitrogen and oxygen atoms in total. The van der Waals surface area contributed by atoms with Gasteiger partial charge in [0, 0.05) is 12.1 Å². The van der Waals surface area contributed by atoms with Gasteiger partial charge in [-0.3, -0.25) is 9.59 Å². The van der Waals surface area contributed by atoms with Crippen molar-refractivity contribution < 1.29 is 19.1 Å². The molecule has 0 aliphatic carbocycles. The summed E-state index contributed by atoms with van der Waals surface area (Å²) in [7, 11) is 0. The van der Waals surface area contributed by atoms with Crippen LogP contribution in [0.15, 0.2) is 48.5 Å². The zero-order valence-corrected chi connectivity index (χ0v) is 16.2. The lowest BCUT2D eigenvalue weighted by molar-refractivity contribution is -0.147. The normalized spacial score (nSPS) is 10.5. The molecule has 0 atom stereocenters. The van der Waals surface area contributed by atoms with Gasteiger partial charge in [0.25, 0.3) is 5.91 Å². The molecule has 144 valence electrons. The van der Waals surface area contributed by atoms with Gasteiger partial charge < -0.3 is 14.8 Å². The van der Waals surface area contributed by atoms with Gasteiger partial charge in [0.2, 0.25) is 0 Å². The predicted molar refractivity (Wildman–Crippen MR) is 106 cm³/mol. The van der Waals surface area contributed by atoms with E-state index < -0.39 is 5.97 Å². The van der Waals surface area contributed by atoms with Crippen molar-refractivity contribution in [1.29, 1.82) is 0 Å². The number of hydrogen-bond donors (Lipinski definition) is 1. The summed E-state index contributed by atoms with van der Waals surface area (Å²) in [6.07, 6.45) is 0.701. The SMILES string of the molecule is CCOc1ccccc1CCC(=O)OCC(=O)Nc1ccccc1C(C)C. The summed E-state index contributed by atoms with van der Waals surface area (Å²) in [6.45, 7) is 6.31. The first kappa shape index (κ1) is 20.5. The molecular formula is C22H27NO4. The van der Waals surface area contributed by atoms with E-state index in [4.69, 9.17) is 9.47 Å². The van der Waals surface area contributed by atoms with Crippen molar-refractivity contribution in [2.45, 2.75) is 39.5 Å². The second kappa shape index (κ2) is 10.4. The highest BCUT2D eigenvalue weighted by atomic mass is 16.5. The van der Waals surface area contributed by atoms with Gasteiger partial charge in [-0.15, -0.1) is 0 Å². The van der Waals surface area contributed by atoms with Crippen molar-refractivity contribution in [3.05, 3.63) is 59.7 Å². The maximum absolute atomic E-state index is 12.1. The van der Waals surface area contributed by atoms with E-state index >= 15 is 0 Å². The molecule has 0 unspecified atom stereocenters. The van der Waals surface area contributed by atoms with Gasteiger partial charge in [0.1, 0.15) is 5.75 Å². The van der Waals surface area contributed by atoms with Crippen molar-refractivity contribution >= 4 is 17.6 Å². The number of hydrogen-bond acceptors (Lipinski definition) is 4. The fourth-order valence-corrected chi connectivity index (χ4v) is 2.76. The Labute approximate surface area is 160 Å². The van der Waals surface area contributed by atoms with Crippen LogP contribution in [0, 0.1) is 0 Å². The standard InChI is InChI=1S/C22H27NO4/c1-4-26-20-12-8-5-9-17(20)13-14-22(25)27-15-21(24)23-19-11-7-6-10-18(19)16(2)3/h5-12,16H,4,13-15H2,1-3H3,(H,23,24). The van der Waals surface area contributed by atoms with E-state index in [1.54, 1.807) is 0 Å². The Morgan fingerprint density at radius 3 is 2.48 bits per heavy atom. The number of para-hydroxylation sites is 2. The molecule has 0 aliphatic rings. The van der Waals surface area contributed by atoms with E-state index in [0.717, 1.165) is 22.6 Å². The second-order valence-electron chi connectivity index (χ2n) is 6.49. The largest absolute Gasteiger partial charge is 0.494 e. The van der Waals surface area contributed by atoms with E-state index in [0.29, 0.717) is 13.0 Å². The number of carbonyl (C=O) groups excluding carboxylic acids is 2. The lowest BCUT2D eigenvalue weighted by Gasteiger charge is -2.13. The van der Waals surface area contributed by atoms with Gasteiger partial charge in [0.15, 0.2) is 6.61 Å². The molecule has 5 heteroatoms. The Kier molecular flexibility index (Phi) is 7.86. The molecule has 0 radical (unpaired) electrons. The molecule has 0 aliphatic heterocycles. The monoisotopic (exact) mass is 369 g/mol. The van der Waals surface area contributed by atoms with Crippen LogP contribution >= 0.6 is 0 Å². The average Bonchev–Trinajstić information content (AvgIpc) is 2.66. The minimum atomic E-state index is -0.409. The number of amides is 1. The Morgan fingerprint density at radius 1 is 1.04 bits per heavy atom. The molecule has 0 saturated heterocycles. The van der Waals surface area contributed by atoms with E-state index in [1.165, 1.54) is 0 Å². The average molecular weight is 369 g/mol. The number of benzene rings is 2. The van der Waals surface area contributed by atoms with Crippen molar-refractivity contribution in [2.75, 3.05) is 18.5 Å². The van der Waals surface area contributed by atoms with Crippen LogP contribution in [0.1, 0.15) is 44.2 Å². The van der Waals surface area contributed by atoms with Gasteiger partial charge in [0.05, 0.1) is 6.61 Å². The quantitative estimate of drug-likeness (QED) is 0.669. The molecule has 2 aromatic carbocycles. The molecule has 0 saturated carbocycles. The zero-order valence-electron chi connectivity index (χ0n) is 16.2. The van der Waals surface area contributed by atoms with Crippen molar-refractivity contribution in [3.63, 3.8) is 0 Å². The van der Waals surface area contributed by atoms with E-state index in [2.05, 4.69) is 19.2 Å². The van der Waals surface area contributed by atoms with E-state index in [9.17, 15) is 9.59 Å². The summed E-state index contributed by atoms with van der Waals surface area (Å²) in [6, 6.07) is 15.2. The molecular weight excluding hydrogens is 342 g/mol. The van der Waals surface area contributed by atoms with Crippen LogP contribution in [-0.2, 0) is 20.7 Å². The van der Waals surface area contributed by atoms with Crippen LogP contribution in [0.5, 0.6) is 5.75 Å². The third kappa shape index (κ3) is 6.44. The van der Waals surface area contributed by atoms with Gasteiger partial charge in [-0.05, 0) is 42.5 Å². The van der Waals surface area contributed by atoms with E-state index in [-0.39, 0.29) is 24.9 Å². The fourth-order valence-electron chi connectivity index (χ4n) is 2.76. The van der Waals surface area contributed by atoms with Crippen LogP contribution in [0.3, 0.4) is 0 Å². The van der Waals surface area contributed by atoms with Crippen molar-refractivity contribution in [1.82, 2.24) is 0 Å². The Balaban J connectivity index is 1.81. The lowest BCUT2D eigenvalue weighted by atomic mass is 10.0. The number of nitrogens with one attached hydrogen (secondary N) is 1. The Morgan fingerprint density at radius 2 is 1.74 bits per heavy atom. The Bertz CT molecular complexity index is 770. The zero-order chi connectivity index (χ0) is 19.6. The first-order valence-corrected chi connectivity index (χ1v) is 9.26. The number of aryl methyl sites for hydroxylation is 1. The van der Waals surface area contributed by atoms with Crippen molar-refractivity contribution in [2.24, 2.45) is 0 Å². The summed E-state index contributed by atoms with van der Waals surface area (Å²) in [5.41, 5.74) is 2.75. The van der Waals surface area contributed by atoms with Gasteiger partial charge in [-0.25, -0.2) is 0 Å². The lowest BCUT2D eigenvalue weighted by Crippen LogP contribution is -2.21. The molecule has 0 spiro atoms. The minimum Gasteiger partial charge on any atom is -0.494 e. The molecule has 0 aromatic heterocycles. The molecule has 2 rings (SSSR count). The highest BCUT2D eigenvalue weighted by molar-refractivity contribution is 5.93. The number of ether oxygens (including phenoxy) is 2. The molecule has 1 N–H and O–H groups in total. The van der Waals surface area contributed by atoms with Gasteiger partial charge >= 0.3 is 5.97 Å². The summed E-state index contributed by atoms with van der Waals surface area (Å²) in [5, 5.41) is 2.81. The van der Waals surface area contributed by atoms with E-state index in [1.807, 2.05) is 55.5 Å². The highest BCUT2D eigenvalue weighted by Gasteiger charge is 2.12. The number of anilines is 1. The third-order valence-corrected chi connectivity index (χ3v) is 4.09. The maximum Gasteiger partial charge on any atom is 0.306 e. The summed E-state index contributed by atoms with van der Waals surface area (Å²) in [4.78, 5) is 24.1. The maximum atomic E-state index is 12.1. The molecule has 1 amide bonds. The highest BCUT2D eigenvalue weighted by Crippen LogP contribution is 2.23. The second-order valence-corrected chi connectivity index (χ2v) is 6.49. The first-order chi connectivity index (χ1) is 13.0. The van der Waals surface area contributed by atoms with Gasteiger partial charge in [-0.2, -0.15) is 0 Å². The molecule has 0 bridgehead atoms. The number of carbonyl (C=O) groups is 2. The topological polar surface area (TPSA) is 64.6 Å². The summed E-state index contributed by atoms with van der Waals surface area (Å²) < 4.78 is 10.7. The molecule has 27 heavy (non-hydrogen) atoms. The fraction of sp³-hybridized carbons (Fsp3) is 0.364. The smallest absolute Gasteiger partial charge is 0.306 e. The Hall–Kier alpha value is -2.82. The minimum absolute atomic E-state index is 0.194. The third-order valence-electron chi connectivity index (χ3n) is 4.09. The van der Waals surface area contributed by atoms with Crippen LogP contribution in [0.25, 0.3) is 0 Å². The van der Waals surface area contributed by atoms with Crippen LogP contribution < -0.4 is 10.1 Å².